The standard InChI is InChI=1S/C16H23Cl2N/c1-3-5-6-7-8-12-15(19-4-2)16-13(17)10-9-11-14(16)18/h3,9-11,15,19H,1,4-8,12H2,2H3. The van der Waals surface area contributed by atoms with Crippen LogP contribution in [0.25, 0.3) is 0 Å². The van der Waals surface area contributed by atoms with Crippen molar-refractivity contribution in [3.8, 4) is 0 Å². The third-order valence-electron chi connectivity index (χ3n) is 3.20. The maximum Gasteiger partial charge on any atom is 0.0468 e. The molecule has 0 spiro atoms. The minimum absolute atomic E-state index is 0.245. The first kappa shape index (κ1) is 16.6. The predicted molar refractivity (Wildman–Crippen MR) is 86.2 cm³/mol. The SMILES string of the molecule is C=CCCCCCC(NCC)c1c(Cl)cccc1Cl. The molecule has 0 bridgehead atoms. The lowest BCUT2D eigenvalue weighted by Crippen LogP contribution is -2.21. The van der Waals surface area contributed by atoms with Crippen molar-refractivity contribution < 1.29 is 0 Å². The molecule has 1 aromatic carbocycles. The molecule has 19 heavy (non-hydrogen) atoms. The van der Waals surface area contributed by atoms with Crippen molar-refractivity contribution in [1.82, 2.24) is 5.32 Å². The van der Waals surface area contributed by atoms with Crippen LogP contribution >= 0.6 is 23.2 Å². The van der Waals surface area contributed by atoms with E-state index in [2.05, 4.69) is 18.8 Å². The van der Waals surface area contributed by atoms with Crippen molar-refractivity contribution in [3.63, 3.8) is 0 Å². The van der Waals surface area contributed by atoms with Crippen molar-refractivity contribution in [2.24, 2.45) is 0 Å². The molecule has 0 aliphatic rings. The zero-order valence-electron chi connectivity index (χ0n) is 11.6. The smallest absolute Gasteiger partial charge is 0.0468 e. The van der Waals surface area contributed by atoms with E-state index < -0.39 is 0 Å². The van der Waals surface area contributed by atoms with E-state index in [1.807, 2.05) is 24.3 Å². The van der Waals surface area contributed by atoms with Gasteiger partial charge in [-0.3, -0.25) is 0 Å². The quantitative estimate of drug-likeness (QED) is 0.450. The summed E-state index contributed by atoms with van der Waals surface area (Å²) in [5, 5.41) is 4.99. The second-order valence-electron chi connectivity index (χ2n) is 4.67. The highest BCUT2D eigenvalue weighted by Crippen LogP contribution is 2.33. The number of rotatable bonds is 9. The minimum atomic E-state index is 0.245. The van der Waals surface area contributed by atoms with Crippen LogP contribution in [0.2, 0.25) is 10.0 Å². The molecule has 0 saturated carbocycles. The van der Waals surface area contributed by atoms with E-state index >= 15 is 0 Å². The molecule has 0 aromatic heterocycles. The third kappa shape index (κ3) is 5.56. The van der Waals surface area contributed by atoms with Gasteiger partial charge in [-0.15, -0.1) is 6.58 Å². The molecule has 1 nitrogen and oxygen atoms in total. The van der Waals surface area contributed by atoms with Gasteiger partial charge in [0.05, 0.1) is 0 Å². The molecule has 0 saturated heterocycles. The van der Waals surface area contributed by atoms with Crippen LogP contribution in [0.5, 0.6) is 0 Å². The van der Waals surface area contributed by atoms with Gasteiger partial charge in [0.1, 0.15) is 0 Å². The number of unbranched alkanes of at least 4 members (excludes halogenated alkanes) is 3. The summed E-state index contributed by atoms with van der Waals surface area (Å²) in [6.45, 7) is 6.77. The Morgan fingerprint density at radius 1 is 1.21 bits per heavy atom. The van der Waals surface area contributed by atoms with Crippen LogP contribution < -0.4 is 5.32 Å². The third-order valence-corrected chi connectivity index (χ3v) is 3.86. The Kier molecular flexibility index (Phi) is 8.20. The molecule has 0 fully saturated rings. The first-order valence-electron chi connectivity index (χ1n) is 6.98. The molecular formula is C16H23Cl2N. The summed E-state index contributed by atoms with van der Waals surface area (Å²) < 4.78 is 0. The van der Waals surface area contributed by atoms with Crippen molar-refractivity contribution in [1.29, 1.82) is 0 Å². The van der Waals surface area contributed by atoms with Gasteiger partial charge >= 0.3 is 0 Å². The molecule has 0 aliphatic heterocycles. The Balaban J connectivity index is 2.63. The van der Waals surface area contributed by atoms with E-state index in [1.54, 1.807) is 0 Å². The van der Waals surface area contributed by atoms with Crippen LogP contribution in [-0.2, 0) is 0 Å². The summed E-state index contributed by atoms with van der Waals surface area (Å²) in [5.41, 5.74) is 1.04. The fraction of sp³-hybridized carbons (Fsp3) is 0.500. The summed E-state index contributed by atoms with van der Waals surface area (Å²) in [6, 6.07) is 5.95. The lowest BCUT2D eigenvalue weighted by molar-refractivity contribution is 0.484. The van der Waals surface area contributed by atoms with Crippen LogP contribution in [0, 0.1) is 0 Å². The molecule has 0 amide bonds. The minimum Gasteiger partial charge on any atom is -0.310 e. The summed E-state index contributed by atoms with van der Waals surface area (Å²) in [4.78, 5) is 0. The molecule has 0 radical (unpaired) electrons. The lowest BCUT2D eigenvalue weighted by atomic mass is 9.99. The van der Waals surface area contributed by atoms with Crippen LogP contribution in [0.4, 0.5) is 0 Å². The maximum atomic E-state index is 6.28. The fourth-order valence-corrected chi connectivity index (χ4v) is 2.91. The predicted octanol–water partition coefficient (Wildman–Crippen LogP) is 5.78. The van der Waals surface area contributed by atoms with Gasteiger partial charge in [-0.25, -0.2) is 0 Å². The average molecular weight is 300 g/mol. The molecule has 1 unspecified atom stereocenters. The van der Waals surface area contributed by atoms with E-state index in [0.717, 1.165) is 35.0 Å². The van der Waals surface area contributed by atoms with Crippen molar-refractivity contribution in [2.75, 3.05) is 6.54 Å². The first-order valence-corrected chi connectivity index (χ1v) is 7.74. The number of hydrogen-bond acceptors (Lipinski definition) is 1. The topological polar surface area (TPSA) is 12.0 Å². The van der Waals surface area contributed by atoms with Gasteiger partial charge in [-0.2, -0.15) is 0 Å². The number of halogens is 2. The zero-order valence-corrected chi connectivity index (χ0v) is 13.1. The molecule has 1 atom stereocenters. The highest BCUT2D eigenvalue weighted by atomic mass is 35.5. The van der Waals surface area contributed by atoms with Crippen molar-refractivity contribution in [2.45, 2.75) is 45.1 Å². The molecule has 3 heteroatoms. The Morgan fingerprint density at radius 2 is 1.89 bits per heavy atom. The van der Waals surface area contributed by atoms with Crippen LogP contribution in [0.1, 0.15) is 50.6 Å². The normalized spacial score (nSPS) is 12.4. The molecule has 1 rings (SSSR count). The molecule has 1 N–H and O–H groups in total. The largest absolute Gasteiger partial charge is 0.310 e. The number of allylic oxidation sites excluding steroid dienone is 1. The number of nitrogens with one attached hydrogen (secondary N) is 1. The second kappa shape index (κ2) is 9.41. The van der Waals surface area contributed by atoms with E-state index in [9.17, 15) is 0 Å². The summed E-state index contributed by atoms with van der Waals surface area (Å²) >= 11 is 12.6. The van der Waals surface area contributed by atoms with Gasteiger partial charge in [0.25, 0.3) is 0 Å². The van der Waals surface area contributed by atoms with Crippen LogP contribution in [-0.4, -0.2) is 6.54 Å². The molecular weight excluding hydrogens is 277 g/mol. The number of hydrogen-bond donors (Lipinski definition) is 1. The molecule has 106 valence electrons. The van der Waals surface area contributed by atoms with E-state index in [1.165, 1.54) is 19.3 Å². The maximum absolute atomic E-state index is 6.28. The Morgan fingerprint density at radius 3 is 2.47 bits per heavy atom. The Bertz CT molecular complexity index is 370. The number of benzene rings is 1. The first-order chi connectivity index (χ1) is 9.20. The molecule has 0 heterocycles. The van der Waals surface area contributed by atoms with Gasteiger partial charge < -0.3 is 5.32 Å². The second-order valence-corrected chi connectivity index (χ2v) is 5.49. The van der Waals surface area contributed by atoms with Gasteiger partial charge in [0.15, 0.2) is 0 Å². The van der Waals surface area contributed by atoms with Crippen LogP contribution in [0.15, 0.2) is 30.9 Å². The highest BCUT2D eigenvalue weighted by Gasteiger charge is 2.16. The van der Waals surface area contributed by atoms with Gasteiger partial charge in [-0.05, 0) is 37.9 Å². The Hall–Kier alpha value is -0.500. The van der Waals surface area contributed by atoms with Crippen molar-refractivity contribution >= 4 is 23.2 Å². The van der Waals surface area contributed by atoms with Gasteiger partial charge in [-0.1, -0.05) is 55.1 Å². The lowest BCUT2D eigenvalue weighted by Gasteiger charge is -2.20. The fourth-order valence-electron chi connectivity index (χ4n) is 2.25. The van der Waals surface area contributed by atoms with E-state index in [4.69, 9.17) is 23.2 Å². The Labute approximate surface area is 127 Å². The highest BCUT2D eigenvalue weighted by molar-refractivity contribution is 6.36. The van der Waals surface area contributed by atoms with Gasteiger partial charge in [0.2, 0.25) is 0 Å². The van der Waals surface area contributed by atoms with Crippen molar-refractivity contribution in [3.05, 3.63) is 46.5 Å². The zero-order chi connectivity index (χ0) is 14.1. The van der Waals surface area contributed by atoms with Gasteiger partial charge in [0, 0.05) is 21.7 Å². The molecule has 1 aromatic rings. The summed E-state index contributed by atoms with van der Waals surface area (Å²) in [7, 11) is 0. The summed E-state index contributed by atoms with van der Waals surface area (Å²) in [6.07, 6.45) is 7.74. The molecule has 0 aliphatic carbocycles. The monoisotopic (exact) mass is 299 g/mol. The van der Waals surface area contributed by atoms with Crippen LogP contribution in [0.3, 0.4) is 0 Å². The summed E-state index contributed by atoms with van der Waals surface area (Å²) in [5.74, 6) is 0. The van der Waals surface area contributed by atoms with E-state index in [0.29, 0.717) is 0 Å². The van der Waals surface area contributed by atoms with E-state index in [-0.39, 0.29) is 6.04 Å². The average Bonchev–Trinajstić information content (AvgIpc) is 2.38.